The summed E-state index contributed by atoms with van der Waals surface area (Å²) in [5.41, 5.74) is 0.911. The smallest absolute Gasteiger partial charge is 0.256 e. The maximum Gasteiger partial charge on any atom is 0.256 e. The van der Waals surface area contributed by atoms with Gasteiger partial charge in [-0.05, 0) is 36.6 Å². The summed E-state index contributed by atoms with van der Waals surface area (Å²) in [7, 11) is 0. The highest BCUT2D eigenvalue weighted by Crippen LogP contribution is 2.34. The number of aliphatic hydroxyl groups is 1. The second-order valence-electron chi connectivity index (χ2n) is 5.93. The monoisotopic (exact) mass is 334 g/mol. The van der Waals surface area contributed by atoms with E-state index in [0.717, 1.165) is 12.1 Å². The van der Waals surface area contributed by atoms with E-state index >= 15 is 0 Å². The van der Waals surface area contributed by atoms with Gasteiger partial charge >= 0.3 is 0 Å². The first-order valence-electron chi connectivity index (χ1n) is 7.50. The summed E-state index contributed by atoms with van der Waals surface area (Å²) in [5.74, 6) is -2.34. The molecule has 1 aliphatic rings. The van der Waals surface area contributed by atoms with Gasteiger partial charge in [0.2, 0.25) is 5.56 Å². The van der Waals surface area contributed by atoms with Gasteiger partial charge in [0.1, 0.15) is 0 Å². The van der Waals surface area contributed by atoms with Crippen LogP contribution >= 0.6 is 0 Å². The Kier molecular flexibility index (Phi) is 4.19. The summed E-state index contributed by atoms with van der Waals surface area (Å²) >= 11 is 0. The number of hydrogen-bond donors (Lipinski definition) is 2. The fourth-order valence-corrected chi connectivity index (χ4v) is 3.03. The Hall–Kier alpha value is -2.54. The molecule has 2 aromatic rings. The van der Waals surface area contributed by atoms with E-state index in [-0.39, 0.29) is 24.4 Å². The van der Waals surface area contributed by atoms with Crippen LogP contribution in [0, 0.1) is 18.6 Å². The Morgan fingerprint density at radius 1 is 1.29 bits per heavy atom. The van der Waals surface area contributed by atoms with Crippen LogP contribution in [0.25, 0.3) is 0 Å². The second kappa shape index (κ2) is 6.16. The second-order valence-corrected chi connectivity index (χ2v) is 5.93. The maximum atomic E-state index is 13.5. The summed E-state index contributed by atoms with van der Waals surface area (Å²) in [4.78, 5) is 27.9. The minimum absolute atomic E-state index is 0.0844. The van der Waals surface area contributed by atoms with Crippen LogP contribution in [0.5, 0.6) is 0 Å². The molecule has 0 spiro atoms. The zero-order valence-corrected chi connectivity index (χ0v) is 12.9. The summed E-state index contributed by atoms with van der Waals surface area (Å²) < 4.78 is 26.6. The molecule has 0 radical (unpaired) electrons. The van der Waals surface area contributed by atoms with Gasteiger partial charge in [-0.3, -0.25) is 9.59 Å². The van der Waals surface area contributed by atoms with E-state index in [9.17, 15) is 23.5 Å². The molecule has 24 heavy (non-hydrogen) atoms. The van der Waals surface area contributed by atoms with Crippen molar-refractivity contribution in [1.29, 1.82) is 0 Å². The Morgan fingerprint density at radius 2 is 2.04 bits per heavy atom. The molecule has 1 saturated heterocycles. The number of nitrogens with one attached hydrogen (secondary N) is 1. The van der Waals surface area contributed by atoms with Crippen molar-refractivity contribution in [2.75, 3.05) is 6.54 Å². The van der Waals surface area contributed by atoms with Crippen molar-refractivity contribution in [2.24, 2.45) is 0 Å². The van der Waals surface area contributed by atoms with Gasteiger partial charge in [-0.15, -0.1) is 0 Å². The number of hydrogen-bond acceptors (Lipinski definition) is 3. The Bertz CT molecular complexity index is 850. The number of halogens is 2. The quantitative estimate of drug-likeness (QED) is 0.881. The van der Waals surface area contributed by atoms with Crippen LogP contribution in [-0.4, -0.2) is 33.5 Å². The fraction of sp³-hybridized carbons (Fsp3) is 0.294. The van der Waals surface area contributed by atoms with E-state index in [2.05, 4.69) is 4.98 Å². The molecule has 0 aliphatic carbocycles. The SMILES string of the molecule is Cc1cc(=O)[nH]cc1C(=O)N1C[C@@H](O)C[C@@H]1c1ccc(F)c(F)c1. The van der Waals surface area contributed by atoms with E-state index in [1.165, 1.54) is 23.2 Å². The third-order valence-electron chi connectivity index (χ3n) is 4.23. The number of H-pyrrole nitrogens is 1. The molecule has 126 valence electrons. The van der Waals surface area contributed by atoms with Crippen molar-refractivity contribution < 1.29 is 18.7 Å². The number of aromatic amines is 1. The summed E-state index contributed by atoms with van der Waals surface area (Å²) in [6.07, 6.45) is 0.807. The third-order valence-corrected chi connectivity index (χ3v) is 4.23. The fourth-order valence-electron chi connectivity index (χ4n) is 3.03. The first-order valence-corrected chi connectivity index (χ1v) is 7.50. The molecule has 1 aliphatic heterocycles. The average Bonchev–Trinajstić information content (AvgIpc) is 2.91. The Labute approximate surface area is 136 Å². The predicted molar refractivity (Wildman–Crippen MR) is 82.6 cm³/mol. The number of amides is 1. The molecule has 1 aromatic carbocycles. The van der Waals surface area contributed by atoms with E-state index in [1.807, 2.05) is 0 Å². The summed E-state index contributed by atoms with van der Waals surface area (Å²) in [6.45, 7) is 1.72. The van der Waals surface area contributed by atoms with Gasteiger partial charge < -0.3 is 15.0 Å². The summed E-state index contributed by atoms with van der Waals surface area (Å²) in [6, 6.07) is 4.20. The van der Waals surface area contributed by atoms with Crippen LogP contribution in [0.1, 0.15) is 33.9 Å². The number of carbonyl (C=O) groups is 1. The van der Waals surface area contributed by atoms with Crippen molar-refractivity contribution >= 4 is 5.91 Å². The number of nitrogens with zero attached hydrogens (tertiary/aromatic N) is 1. The molecule has 5 nitrogen and oxygen atoms in total. The number of carbonyl (C=O) groups excluding carboxylic acids is 1. The van der Waals surface area contributed by atoms with Gasteiger partial charge in [0, 0.05) is 18.8 Å². The molecular weight excluding hydrogens is 318 g/mol. The Morgan fingerprint density at radius 3 is 2.71 bits per heavy atom. The lowest BCUT2D eigenvalue weighted by Crippen LogP contribution is -2.32. The van der Waals surface area contributed by atoms with Crippen LogP contribution < -0.4 is 5.56 Å². The normalized spacial score (nSPS) is 20.4. The first-order chi connectivity index (χ1) is 11.4. The molecular formula is C17H16F2N2O3. The van der Waals surface area contributed by atoms with Gasteiger partial charge in [0.05, 0.1) is 17.7 Å². The van der Waals surface area contributed by atoms with Gasteiger partial charge in [0.25, 0.3) is 5.91 Å². The molecule has 2 atom stereocenters. The third kappa shape index (κ3) is 2.94. The number of aryl methyl sites for hydroxylation is 1. The molecule has 1 fully saturated rings. The van der Waals surface area contributed by atoms with Gasteiger partial charge in [-0.2, -0.15) is 0 Å². The standard InChI is InChI=1S/C17H16F2N2O3/c1-9-4-16(23)20-7-12(9)17(24)21-8-11(22)6-15(21)10-2-3-13(18)14(19)5-10/h2-5,7,11,15,22H,6,8H2,1H3,(H,20,23)/t11-,15+/m0/s1. The molecule has 7 heteroatoms. The molecule has 3 rings (SSSR count). The lowest BCUT2D eigenvalue weighted by molar-refractivity contribution is 0.0714. The van der Waals surface area contributed by atoms with E-state index in [0.29, 0.717) is 16.7 Å². The minimum Gasteiger partial charge on any atom is -0.391 e. The lowest BCUT2D eigenvalue weighted by atomic mass is 10.0. The number of aromatic nitrogens is 1. The van der Waals surface area contributed by atoms with Crippen molar-refractivity contribution in [2.45, 2.75) is 25.5 Å². The molecule has 0 unspecified atom stereocenters. The van der Waals surface area contributed by atoms with Gasteiger partial charge in [-0.1, -0.05) is 6.07 Å². The minimum atomic E-state index is -0.999. The average molecular weight is 334 g/mol. The molecule has 2 N–H and O–H groups in total. The van der Waals surface area contributed by atoms with Crippen molar-refractivity contribution in [3.8, 4) is 0 Å². The largest absolute Gasteiger partial charge is 0.391 e. The van der Waals surface area contributed by atoms with Gasteiger partial charge in [0.15, 0.2) is 11.6 Å². The van der Waals surface area contributed by atoms with Crippen LogP contribution in [0.15, 0.2) is 35.3 Å². The van der Waals surface area contributed by atoms with E-state index in [4.69, 9.17) is 0 Å². The molecule has 1 aromatic heterocycles. The van der Waals surface area contributed by atoms with Crippen LogP contribution in [0.3, 0.4) is 0 Å². The first kappa shape index (κ1) is 16.3. The molecule has 0 saturated carbocycles. The number of benzene rings is 1. The zero-order chi connectivity index (χ0) is 17.4. The number of likely N-dealkylation sites (tertiary alicyclic amines) is 1. The van der Waals surface area contributed by atoms with E-state index in [1.54, 1.807) is 6.92 Å². The lowest BCUT2D eigenvalue weighted by Gasteiger charge is -2.25. The number of aliphatic hydroxyl groups excluding tert-OH is 1. The van der Waals surface area contributed by atoms with Crippen LogP contribution in [0.2, 0.25) is 0 Å². The topological polar surface area (TPSA) is 73.4 Å². The van der Waals surface area contributed by atoms with E-state index < -0.39 is 23.8 Å². The van der Waals surface area contributed by atoms with Crippen LogP contribution in [-0.2, 0) is 0 Å². The number of pyridine rings is 1. The van der Waals surface area contributed by atoms with Crippen LogP contribution in [0.4, 0.5) is 8.78 Å². The summed E-state index contributed by atoms with van der Waals surface area (Å²) in [5, 5.41) is 9.94. The Balaban J connectivity index is 1.96. The molecule has 1 amide bonds. The number of rotatable bonds is 2. The highest BCUT2D eigenvalue weighted by Gasteiger charge is 2.36. The maximum absolute atomic E-state index is 13.5. The number of β-amino-alcohol motifs (C(OH)–C–C–N with tert-alkyl or cyclic N) is 1. The van der Waals surface area contributed by atoms with Gasteiger partial charge in [-0.25, -0.2) is 8.78 Å². The predicted octanol–water partition coefficient (Wildman–Crippen LogP) is 1.91. The molecule has 0 bridgehead atoms. The van der Waals surface area contributed by atoms with Crippen molar-refractivity contribution in [3.63, 3.8) is 0 Å². The zero-order valence-electron chi connectivity index (χ0n) is 12.9. The van der Waals surface area contributed by atoms with Crippen molar-refractivity contribution in [3.05, 3.63) is 69.1 Å². The highest BCUT2D eigenvalue weighted by molar-refractivity contribution is 5.95. The highest BCUT2D eigenvalue weighted by atomic mass is 19.2. The molecule has 2 heterocycles. The van der Waals surface area contributed by atoms with Crippen molar-refractivity contribution in [1.82, 2.24) is 9.88 Å².